The van der Waals surface area contributed by atoms with Crippen molar-refractivity contribution in [2.45, 2.75) is 64.5 Å². The number of hydrogen-bond acceptors (Lipinski definition) is 6. The summed E-state index contributed by atoms with van der Waals surface area (Å²) in [5, 5.41) is 3.52. The van der Waals surface area contributed by atoms with E-state index < -0.39 is 5.60 Å². The zero-order chi connectivity index (χ0) is 19.2. The fraction of sp³-hybridized carbons (Fsp3) is 0.750. The maximum atomic E-state index is 12.2. The van der Waals surface area contributed by atoms with Gasteiger partial charge in [0.2, 0.25) is 5.95 Å². The molecule has 1 aromatic rings. The van der Waals surface area contributed by atoms with Crippen LogP contribution in [0.2, 0.25) is 0 Å². The van der Waals surface area contributed by atoms with E-state index in [-0.39, 0.29) is 6.09 Å². The van der Waals surface area contributed by atoms with Crippen molar-refractivity contribution in [1.82, 2.24) is 14.9 Å². The molecule has 0 bridgehead atoms. The molecule has 0 spiro atoms. The summed E-state index contributed by atoms with van der Waals surface area (Å²) < 4.78 is 5.47. The number of carbonyl (C=O) groups is 1. The SMILES string of the molecule is CC(C)(C)OC(=O)N1C[C@@H]2[C@H](C1)[C@@H]2Nc1cc(CC2CCCC2)nc(N)n1. The molecular formula is C20H31N5O2. The first-order chi connectivity index (χ1) is 12.8. The van der Waals surface area contributed by atoms with Crippen LogP contribution in [0, 0.1) is 17.8 Å². The van der Waals surface area contributed by atoms with E-state index in [4.69, 9.17) is 10.5 Å². The number of nitrogens with two attached hydrogens (primary N) is 1. The molecule has 1 saturated heterocycles. The highest BCUT2D eigenvalue weighted by Gasteiger charge is 2.57. The third-order valence-corrected chi connectivity index (χ3v) is 5.93. The lowest BCUT2D eigenvalue weighted by Gasteiger charge is -2.26. The van der Waals surface area contributed by atoms with Crippen LogP contribution in [0.3, 0.4) is 0 Å². The standard InChI is InChI=1S/C20H31N5O2/c1-20(2,3)27-19(26)25-10-14-15(11-25)17(14)23-16-9-13(22-18(21)24-16)8-12-6-4-5-7-12/h9,12,14-15,17H,4-8,10-11H2,1-3H3,(H3,21,22,23,24)/t14-,15+,17-. The van der Waals surface area contributed by atoms with Gasteiger partial charge in [-0.2, -0.15) is 4.98 Å². The zero-order valence-electron chi connectivity index (χ0n) is 16.6. The second kappa shape index (κ2) is 6.84. The number of piperidine rings is 1. The van der Waals surface area contributed by atoms with Crippen LogP contribution in [0.25, 0.3) is 0 Å². The van der Waals surface area contributed by atoms with Gasteiger partial charge < -0.3 is 20.7 Å². The van der Waals surface area contributed by atoms with E-state index >= 15 is 0 Å². The van der Waals surface area contributed by atoms with Crippen molar-refractivity contribution < 1.29 is 9.53 Å². The fourth-order valence-electron chi connectivity index (χ4n) is 4.59. The van der Waals surface area contributed by atoms with Crippen LogP contribution in [-0.2, 0) is 11.2 Å². The number of hydrogen-bond donors (Lipinski definition) is 2. The second-order valence-electron chi connectivity index (χ2n) is 9.34. The van der Waals surface area contributed by atoms with Crippen molar-refractivity contribution in [1.29, 1.82) is 0 Å². The molecule has 1 amide bonds. The second-order valence-corrected chi connectivity index (χ2v) is 9.34. The van der Waals surface area contributed by atoms with Crippen molar-refractivity contribution in [2.24, 2.45) is 17.8 Å². The van der Waals surface area contributed by atoms with Gasteiger partial charge in [0.15, 0.2) is 0 Å². The lowest BCUT2D eigenvalue weighted by atomic mass is 10.0. The highest BCUT2D eigenvalue weighted by atomic mass is 16.6. The number of rotatable bonds is 4. The summed E-state index contributed by atoms with van der Waals surface area (Å²) in [7, 11) is 0. The van der Waals surface area contributed by atoms with Gasteiger partial charge in [0.1, 0.15) is 11.4 Å². The first kappa shape index (κ1) is 18.3. The van der Waals surface area contributed by atoms with Crippen LogP contribution < -0.4 is 11.1 Å². The third kappa shape index (κ3) is 4.28. The van der Waals surface area contributed by atoms with Crippen molar-refractivity contribution in [3.05, 3.63) is 11.8 Å². The molecule has 3 aliphatic rings. The molecule has 4 rings (SSSR count). The molecule has 7 heteroatoms. The Balaban J connectivity index is 1.31. The summed E-state index contributed by atoms with van der Waals surface area (Å²) >= 11 is 0. The van der Waals surface area contributed by atoms with Crippen molar-refractivity contribution >= 4 is 17.9 Å². The Morgan fingerprint density at radius 1 is 1.26 bits per heavy atom. The number of nitrogens with zero attached hydrogens (tertiary/aromatic N) is 3. The van der Waals surface area contributed by atoms with Crippen LogP contribution >= 0.6 is 0 Å². The topological polar surface area (TPSA) is 93.4 Å². The molecule has 0 unspecified atom stereocenters. The Bertz CT molecular complexity index is 699. The number of ether oxygens (including phenoxy) is 1. The van der Waals surface area contributed by atoms with Crippen LogP contribution in [0.15, 0.2) is 6.07 Å². The average Bonchev–Trinajstić information content (AvgIpc) is 2.98. The number of fused-ring (bicyclic) bond motifs is 1. The van der Waals surface area contributed by atoms with Crippen LogP contribution in [0.5, 0.6) is 0 Å². The molecule has 3 atom stereocenters. The van der Waals surface area contributed by atoms with E-state index in [0.717, 1.165) is 36.9 Å². The van der Waals surface area contributed by atoms with Gasteiger partial charge in [0, 0.05) is 42.7 Å². The predicted octanol–water partition coefficient (Wildman–Crippen LogP) is 3.07. The van der Waals surface area contributed by atoms with Gasteiger partial charge in [-0.3, -0.25) is 0 Å². The number of likely N-dealkylation sites (tertiary alicyclic amines) is 1. The highest BCUT2D eigenvalue weighted by molar-refractivity contribution is 5.69. The fourth-order valence-corrected chi connectivity index (χ4v) is 4.59. The molecule has 2 heterocycles. The van der Waals surface area contributed by atoms with Gasteiger partial charge in [-0.1, -0.05) is 25.7 Å². The molecule has 1 aliphatic heterocycles. The summed E-state index contributed by atoms with van der Waals surface area (Å²) in [5.74, 6) is 2.82. The van der Waals surface area contributed by atoms with Gasteiger partial charge in [0.05, 0.1) is 0 Å². The monoisotopic (exact) mass is 373 g/mol. The molecule has 2 saturated carbocycles. The van der Waals surface area contributed by atoms with Gasteiger partial charge >= 0.3 is 6.09 Å². The van der Waals surface area contributed by atoms with E-state index in [0.29, 0.717) is 23.8 Å². The van der Waals surface area contributed by atoms with Crippen LogP contribution in [0.1, 0.15) is 52.1 Å². The summed E-state index contributed by atoms with van der Waals surface area (Å²) in [6.45, 7) is 7.18. The number of nitrogen functional groups attached to an aromatic ring is 1. The van der Waals surface area contributed by atoms with Gasteiger partial charge in [-0.15, -0.1) is 0 Å². The van der Waals surface area contributed by atoms with Crippen LogP contribution in [0.4, 0.5) is 16.6 Å². The highest BCUT2D eigenvalue weighted by Crippen LogP contribution is 2.47. The molecule has 3 N–H and O–H groups in total. The maximum absolute atomic E-state index is 12.2. The minimum Gasteiger partial charge on any atom is -0.444 e. The lowest BCUT2D eigenvalue weighted by Crippen LogP contribution is -2.38. The van der Waals surface area contributed by atoms with E-state index in [1.165, 1.54) is 25.7 Å². The molecule has 148 valence electrons. The van der Waals surface area contributed by atoms with Gasteiger partial charge in [0.25, 0.3) is 0 Å². The molecule has 7 nitrogen and oxygen atoms in total. The minimum atomic E-state index is -0.449. The van der Waals surface area contributed by atoms with Crippen molar-refractivity contribution in [3.63, 3.8) is 0 Å². The Morgan fingerprint density at radius 3 is 2.56 bits per heavy atom. The average molecular weight is 374 g/mol. The number of carbonyl (C=O) groups excluding carboxylic acids is 1. The normalized spacial score (nSPS) is 27.5. The van der Waals surface area contributed by atoms with Gasteiger partial charge in [-0.05, 0) is 33.1 Å². The smallest absolute Gasteiger partial charge is 0.410 e. The largest absolute Gasteiger partial charge is 0.444 e. The minimum absolute atomic E-state index is 0.210. The molecule has 0 radical (unpaired) electrons. The van der Waals surface area contributed by atoms with Gasteiger partial charge in [-0.25, -0.2) is 9.78 Å². The molecule has 3 fully saturated rings. The quantitative estimate of drug-likeness (QED) is 0.842. The first-order valence-electron chi connectivity index (χ1n) is 10.2. The van der Waals surface area contributed by atoms with E-state index in [1.807, 2.05) is 31.7 Å². The van der Waals surface area contributed by atoms with Crippen LogP contribution in [-0.4, -0.2) is 45.7 Å². The Kier molecular flexibility index (Phi) is 4.64. The number of amides is 1. The Hall–Kier alpha value is -2.05. The Labute approximate surface area is 161 Å². The first-order valence-corrected chi connectivity index (χ1v) is 10.2. The zero-order valence-corrected chi connectivity index (χ0v) is 16.6. The molecule has 1 aromatic heterocycles. The molecule has 27 heavy (non-hydrogen) atoms. The lowest BCUT2D eigenvalue weighted by molar-refractivity contribution is 0.0272. The summed E-state index contributed by atoms with van der Waals surface area (Å²) in [6.07, 6.45) is 6.02. The third-order valence-electron chi connectivity index (χ3n) is 5.93. The van der Waals surface area contributed by atoms with Crippen molar-refractivity contribution in [3.8, 4) is 0 Å². The molecule has 2 aliphatic carbocycles. The summed E-state index contributed by atoms with van der Waals surface area (Å²) in [5.41, 5.74) is 6.53. The predicted molar refractivity (Wildman–Crippen MR) is 104 cm³/mol. The molecular weight excluding hydrogens is 342 g/mol. The Morgan fingerprint density at radius 2 is 1.93 bits per heavy atom. The van der Waals surface area contributed by atoms with Crippen molar-refractivity contribution in [2.75, 3.05) is 24.1 Å². The van der Waals surface area contributed by atoms with E-state index in [2.05, 4.69) is 15.3 Å². The number of aromatic nitrogens is 2. The summed E-state index contributed by atoms with van der Waals surface area (Å²) in [6, 6.07) is 2.41. The maximum Gasteiger partial charge on any atom is 0.410 e. The number of nitrogens with one attached hydrogen (secondary N) is 1. The number of anilines is 2. The molecule has 0 aromatic carbocycles. The van der Waals surface area contributed by atoms with E-state index in [9.17, 15) is 4.79 Å². The van der Waals surface area contributed by atoms with E-state index in [1.54, 1.807) is 0 Å². The summed E-state index contributed by atoms with van der Waals surface area (Å²) in [4.78, 5) is 22.8.